The van der Waals surface area contributed by atoms with Gasteiger partial charge in [0.05, 0.1) is 0 Å². The van der Waals surface area contributed by atoms with E-state index in [9.17, 15) is 14.4 Å². The summed E-state index contributed by atoms with van der Waals surface area (Å²) in [5.41, 5.74) is 0. The molecule has 0 radical (unpaired) electrons. The number of esters is 3. The Morgan fingerprint density at radius 2 is 0.512 bits per heavy atom. The first-order valence-electron chi connectivity index (χ1n) is 33.5. The van der Waals surface area contributed by atoms with Crippen LogP contribution >= 0.6 is 0 Å². The first kappa shape index (κ1) is 75.8. The molecule has 0 fully saturated rings. The van der Waals surface area contributed by atoms with Crippen molar-refractivity contribution in [2.45, 2.75) is 316 Å². The van der Waals surface area contributed by atoms with Crippen molar-refractivity contribution in [1.82, 2.24) is 0 Å². The minimum atomic E-state index is -0.813. The highest BCUT2D eigenvalue weighted by Gasteiger charge is 2.19. The zero-order chi connectivity index (χ0) is 57.8. The van der Waals surface area contributed by atoms with Gasteiger partial charge in [0.1, 0.15) is 13.2 Å². The van der Waals surface area contributed by atoms with E-state index in [1.54, 1.807) is 0 Å². The van der Waals surface area contributed by atoms with Gasteiger partial charge in [-0.05, 0) is 116 Å². The molecule has 1 unspecified atom stereocenters. The predicted molar refractivity (Wildman–Crippen MR) is 348 cm³/mol. The summed E-state index contributed by atoms with van der Waals surface area (Å²) in [6.07, 6.45) is 93.8. The van der Waals surface area contributed by atoms with E-state index in [2.05, 4.69) is 136 Å². The van der Waals surface area contributed by atoms with Crippen LogP contribution in [0.2, 0.25) is 0 Å². The molecule has 1 atom stereocenters. The number of carbonyl (C=O) groups excluding carboxylic acids is 3. The molecule has 0 rings (SSSR count). The quantitative estimate of drug-likeness (QED) is 0.0261. The summed E-state index contributed by atoms with van der Waals surface area (Å²) in [6.45, 7) is 6.35. The van der Waals surface area contributed by atoms with Gasteiger partial charge < -0.3 is 14.2 Å². The number of hydrogen-bond acceptors (Lipinski definition) is 6. The monoisotopic (exact) mass is 1110 g/mol. The first-order chi connectivity index (χ1) is 39.5. The van der Waals surface area contributed by atoms with E-state index in [4.69, 9.17) is 14.2 Å². The Kier molecular flexibility index (Phi) is 63.8. The summed E-state index contributed by atoms with van der Waals surface area (Å²) in [5.74, 6) is -0.988. The van der Waals surface area contributed by atoms with Gasteiger partial charge >= 0.3 is 17.9 Å². The fourth-order valence-corrected chi connectivity index (χ4v) is 9.24. The van der Waals surface area contributed by atoms with Gasteiger partial charge in [0.25, 0.3) is 0 Å². The van der Waals surface area contributed by atoms with Gasteiger partial charge in [-0.1, -0.05) is 296 Å². The van der Waals surface area contributed by atoms with Gasteiger partial charge in [-0.15, -0.1) is 0 Å². The molecule has 0 aromatic rings. The molecule has 0 spiro atoms. The van der Waals surface area contributed by atoms with Crippen molar-refractivity contribution in [3.8, 4) is 0 Å². The van der Waals surface area contributed by atoms with Crippen LogP contribution < -0.4 is 0 Å². The fraction of sp³-hybridized carbons (Fsp3) is 0.689. The molecular weight excluding hydrogens is 985 g/mol. The van der Waals surface area contributed by atoms with Gasteiger partial charge in [-0.2, -0.15) is 0 Å². The van der Waals surface area contributed by atoms with Crippen LogP contribution in [0, 0.1) is 0 Å². The average Bonchev–Trinajstić information content (AvgIpc) is 3.46. The Morgan fingerprint density at radius 1 is 0.263 bits per heavy atom. The van der Waals surface area contributed by atoms with E-state index in [1.165, 1.54) is 161 Å². The minimum Gasteiger partial charge on any atom is -0.462 e. The van der Waals surface area contributed by atoms with E-state index >= 15 is 0 Å². The normalized spacial score (nSPS) is 12.9. The van der Waals surface area contributed by atoms with Crippen molar-refractivity contribution in [2.75, 3.05) is 13.2 Å². The molecule has 0 saturated carbocycles. The Balaban J connectivity index is 4.25. The number of hydrogen-bond donors (Lipinski definition) is 0. The third kappa shape index (κ3) is 64.6. The van der Waals surface area contributed by atoms with Crippen LogP contribution in [0.1, 0.15) is 310 Å². The molecular formula is C74H124O6. The van der Waals surface area contributed by atoms with Gasteiger partial charge in [-0.3, -0.25) is 14.4 Å². The summed E-state index contributed by atoms with van der Waals surface area (Å²) in [5, 5.41) is 0. The molecule has 0 heterocycles. The van der Waals surface area contributed by atoms with Gasteiger partial charge in [0.2, 0.25) is 0 Å². The molecule has 0 aromatic heterocycles. The lowest BCUT2D eigenvalue weighted by Crippen LogP contribution is -2.30. The standard InChI is InChI=1S/C74H124O6/c1-4-7-10-13-16-19-22-25-27-29-31-32-33-34-35-36-37-38-39-40-41-42-43-45-46-49-52-55-58-61-64-67-73(76)79-70-71(69-78-72(75)66-63-60-57-54-51-48-24-21-18-15-12-9-6-3)80-74(77)68-65-62-59-56-53-50-47-44-30-28-26-23-20-17-14-11-8-5-2/h7,9-10,12,16,18-21,23,25,27-28,30-32,48,51,57,60,71H,4-6,8,11,13-15,17,22,24,26,29,33-47,49-50,52-56,58-59,61-70H2,1-3H3/b10-7-,12-9-,19-16-,21-18-,23-20-,27-25-,30-28-,32-31-,51-48-,60-57-. The molecule has 6 heteroatoms. The molecule has 0 amide bonds. The second-order valence-corrected chi connectivity index (χ2v) is 22.0. The van der Waals surface area contributed by atoms with Crippen LogP contribution in [0.15, 0.2) is 122 Å². The van der Waals surface area contributed by atoms with Crippen molar-refractivity contribution in [3.05, 3.63) is 122 Å². The highest BCUT2D eigenvalue weighted by molar-refractivity contribution is 5.71. The van der Waals surface area contributed by atoms with Crippen LogP contribution in [0.25, 0.3) is 0 Å². The summed E-state index contributed by atoms with van der Waals surface area (Å²) in [7, 11) is 0. The van der Waals surface area contributed by atoms with E-state index in [0.29, 0.717) is 19.3 Å². The zero-order valence-electron chi connectivity index (χ0n) is 52.3. The maximum Gasteiger partial charge on any atom is 0.306 e. The Labute approximate surface area is 494 Å². The smallest absolute Gasteiger partial charge is 0.306 e. The molecule has 0 aliphatic carbocycles. The summed E-state index contributed by atoms with van der Waals surface area (Å²) in [4.78, 5) is 38.3. The third-order valence-corrected chi connectivity index (χ3v) is 14.2. The minimum absolute atomic E-state index is 0.103. The maximum atomic E-state index is 12.9. The maximum absolute atomic E-state index is 12.9. The van der Waals surface area contributed by atoms with Gasteiger partial charge in [0, 0.05) is 19.3 Å². The van der Waals surface area contributed by atoms with Crippen molar-refractivity contribution in [1.29, 1.82) is 0 Å². The number of unbranched alkanes of at least 4 members (excludes halogenated alkanes) is 29. The van der Waals surface area contributed by atoms with E-state index in [0.717, 1.165) is 103 Å². The number of rotatable bonds is 60. The molecule has 456 valence electrons. The van der Waals surface area contributed by atoms with E-state index in [1.807, 2.05) is 6.08 Å². The van der Waals surface area contributed by atoms with Gasteiger partial charge in [0.15, 0.2) is 6.10 Å². The predicted octanol–water partition coefficient (Wildman–Crippen LogP) is 23.2. The topological polar surface area (TPSA) is 78.9 Å². The molecule has 0 aliphatic heterocycles. The first-order valence-corrected chi connectivity index (χ1v) is 33.5. The Morgan fingerprint density at radius 3 is 0.838 bits per heavy atom. The highest BCUT2D eigenvalue weighted by Crippen LogP contribution is 2.17. The van der Waals surface area contributed by atoms with Crippen LogP contribution in [0.3, 0.4) is 0 Å². The summed E-state index contributed by atoms with van der Waals surface area (Å²) in [6, 6.07) is 0. The lowest BCUT2D eigenvalue weighted by atomic mass is 10.0. The number of allylic oxidation sites excluding steroid dienone is 20. The lowest BCUT2D eigenvalue weighted by molar-refractivity contribution is -0.166. The van der Waals surface area contributed by atoms with Crippen molar-refractivity contribution in [3.63, 3.8) is 0 Å². The average molecular weight is 1110 g/mol. The van der Waals surface area contributed by atoms with Crippen LogP contribution in [-0.2, 0) is 28.6 Å². The van der Waals surface area contributed by atoms with Crippen LogP contribution in [-0.4, -0.2) is 37.2 Å². The molecule has 6 nitrogen and oxygen atoms in total. The van der Waals surface area contributed by atoms with E-state index in [-0.39, 0.29) is 37.5 Å². The van der Waals surface area contributed by atoms with Crippen molar-refractivity contribution >= 4 is 17.9 Å². The Hall–Kier alpha value is -4.19. The molecule has 0 N–H and O–H groups in total. The van der Waals surface area contributed by atoms with Crippen molar-refractivity contribution in [2.24, 2.45) is 0 Å². The highest BCUT2D eigenvalue weighted by atomic mass is 16.6. The number of carbonyl (C=O) groups is 3. The molecule has 0 bridgehead atoms. The van der Waals surface area contributed by atoms with E-state index < -0.39 is 6.10 Å². The number of ether oxygens (including phenoxy) is 3. The summed E-state index contributed by atoms with van der Waals surface area (Å²) < 4.78 is 16.9. The molecule has 0 aliphatic rings. The zero-order valence-corrected chi connectivity index (χ0v) is 52.3. The lowest BCUT2D eigenvalue weighted by Gasteiger charge is -2.18. The van der Waals surface area contributed by atoms with Crippen LogP contribution in [0.4, 0.5) is 0 Å². The molecule has 0 aromatic carbocycles. The van der Waals surface area contributed by atoms with Crippen LogP contribution in [0.5, 0.6) is 0 Å². The fourth-order valence-electron chi connectivity index (χ4n) is 9.24. The second-order valence-electron chi connectivity index (χ2n) is 22.0. The second kappa shape index (κ2) is 67.3. The largest absolute Gasteiger partial charge is 0.462 e. The van der Waals surface area contributed by atoms with Gasteiger partial charge in [-0.25, -0.2) is 0 Å². The molecule has 0 saturated heterocycles. The SMILES string of the molecule is CC/C=C\C/C=C\C/C=C\C/C=C\CCCCCCCCCCCCCCCCCCCCC(=O)OCC(COC(=O)CC/C=C\C/C=C\C/C=C\C/C=C\CC)OC(=O)CCCCCCCCC/C=C\C/C=C\CCCCCC. The Bertz CT molecular complexity index is 1650. The third-order valence-electron chi connectivity index (χ3n) is 14.2. The summed E-state index contributed by atoms with van der Waals surface area (Å²) >= 11 is 0. The van der Waals surface area contributed by atoms with Crippen molar-refractivity contribution < 1.29 is 28.6 Å². The molecule has 80 heavy (non-hydrogen) atoms.